The molecule has 0 aromatic carbocycles. The van der Waals surface area contributed by atoms with Crippen molar-refractivity contribution in [1.82, 2.24) is 0 Å². The molecule has 0 rings (SSSR count). The van der Waals surface area contributed by atoms with Gasteiger partial charge in [-0.1, -0.05) is 39.7 Å². The lowest BCUT2D eigenvalue weighted by molar-refractivity contribution is -0.139. The Morgan fingerprint density at radius 2 is 1.85 bits per heavy atom. The predicted molar refractivity (Wildman–Crippen MR) is 80.7 cm³/mol. The minimum atomic E-state index is -0.408. The summed E-state index contributed by atoms with van der Waals surface area (Å²) in [4.78, 5) is 10.7. The Kier molecular flexibility index (Phi) is 13.9. The molecule has 118 valence electrons. The molecule has 0 amide bonds. The van der Waals surface area contributed by atoms with Gasteiger partial charge in [0.05, 0.1) is 6.61 Å². The largest absolute Gasteiger partial charge is 0.460 e. The topological polar surface area (TPSA) is 44.8 Å². The molecule has 1 atom stereocenters. The summed E-state index contributed by atoms with van der Waals surface area (Å²) in [5.41, 5.74) is 0. The number of hydrogen-bond donors (Lipinski definition) is 0. The Labute approximate surface area is 123 Å². The predicted octanol–water partition coefficient (Wildman–Crippen LogP) is 3.36. The monoisotopic (exact) mass is 286 g/mol. The maximum atomic E-state index is 10.7. The zero-order valence-electron chi connectivity index (χ0n) is 13.1. The second-order valence-electron chi connectivity index (χ2n) is 4.83. The highest BCUT2D eigenvalue weighted by molar-refractivity contribution is 5.81. The van der Waals surface area contributed by atoms with Crippen LogP contribution >= 0.6 is 0 Å². The van der Waals surface area contributed by atoms with Crippen LogP contribution in [0.3, 0.4) is 0 Å². The van der Waals surface area contributed by atoms with Gasteiger partial charge in [0.2, 0.25) is 0 Å². The third-order valence-electron chi connectivity index (χ3n) is 3.11. The number of ether oxygens (including phenoxy) is 3. The highest BCUT2D eigenvalue weighted by Crippen LogP contribution is 2.12. The number of hydrogen-bond acceptors (Lipinski definition) is 4. The van der Waals surface area contributed by atoms with Crippen molar-refractivity contribution >= 4 is 5.97 Å². The van der Waals surface area contributed by atoms with Crippen LogP contribution in [-0.4, -0.2) is 39.0 Å². The van der Waals surface area contributed by atoms with Crippen molar-refractivity contribution in [3.8, 4) is 0 Å². The lowest BCUT2D eigenvalue weighted by Gasteiger charge is -2.14. The maximum Gasteiger partial charge on any atom is 0.330 e. The lowest BCUT2D eigenvalue weighted by atomic mass is 10.0. The zero-order chi connectivity index (χ0) is 15.1. The van der Waals surface area contributed by atoms with Crippen LogP contribution in [0.2, 0.25) is 0 Å². The van der Waals surface area contributed by atoms with Gasteiger partial charge in [0.15, 0.2) is 0 Å². The summed E-state index contributed by atoms with van der Waals surface area (Å²) in [6.07, 6.45) is 7.01. The Morgan fingerprint density at radius 1 is 1.10 bits per heavy atom. The fourth-order valence-electron chi connectivity index (χ4n) is 1.77. The van der Waals surface area contributed by atoms with Crippen molar-refractivity contribution in [2.75, 3.05) is 33.0 Å². The molecule has 0 bridgehead atoms. The first kappa shape index (κ1) is 19.1. The van der Waals surface area contributed by atoms with Crippen molar-refractivity contribution in [3.05, 3.63) is 12.7 Å². The maximum absolute atomic E-state index is 10.7. The number of carbonyl (C=O) groups excluding carboxylic acids is 1. The highest BCUT2D eigenvalue weighted by atomic mass is 16.6. The van der Waals surface area contributed by atoms with Crippen LogP contribution < -0.4 is 0 Å². The van der Waals surface area contributed by atoms with Crippen molar-refractivity contribution in [1.29, 1.82) is 0 Å². The average Bonchev–Trinajstić information content (AvgIpc) is 2.48. The SMILES string of the molecule is C=CC(=O)OCCOCCCOCC(CC)CCCC. The molecule has 0 heterocycles. The third-order valence-corrected chi connectivity index (χ3v) is 3.11. The molecular weight excluding hydrogens is 256 g/mol. The van der Waals surface area contributed by atoms with Gasteiger partial charge in [0.25, 0.3) is 0 Å². The van der Waals surface area contributed by atoms with Crippen LogP contribution in [0.25, 0.3) is 0 Å². The third kappa shape index (κ3) is 12.2. The number of carbonyl (C=O) groups is 1. The summed E-state index contributed by atoms with van der Waals surface area (Å²) in [5.74, 6) is 0.281. The van der Waals surface area contributed by atoms with E-state index < -0.39 is 5.97 Å². The van der Waals surface area contributed by atoms with Crippen LogP contribution in [0.5, 0.6) is 0 Å². The number of esters is 1. The minimum absolute atomic E-state index is 0.278. The smallest absolute Gasteiger partial charge is 0.330 e. The van der Waals surface area contributed by atoms with Gasteiger partial charge in [0, 0.05) is 25.9 Å². The van der Waals surface area contributed by atoms with E-state index in [0.717, 1.165) is 25.7 Å². The normalized spacial score (nSPS) is 12.1. The van der Waals surface area contributed by atoms with Gasteiger partial charge in [-0.3, -0.25) is 0 Å². The number of rotatable bonds is 14. The van der Waals surface area contributed by atoms with E-state index in [-0.39, 0.29) is 6.61 Å². The molecule has 0 spiro atoms. The second-order valence-corrected chi connectivity index (χ2v) is 4.83. The van der Waals surface area contributed by atoms with E-state index >= 15 is 0 Å². The molecule has 0 aromatic rings. The molecule has 0 saturated carbocycles. The zero-order valence-corrected chi connectivity index (χ0v) is 13.1. The second kappa shape index (κ2) is 14.5. The van der Waals surface area contributed by atoms with Crippen LogP contribution in [0, 0.1) is 5.92 Å². The quantitative estimate of drug-likeness (QED) is 0.279. The van der Waals surface area contributed by atoms with Crippen molar-refractivity contribution in [3.63, 3.8) is 0 Å². The summed E-state index contributed by atoms with van der Waals surface area (Å²) in [7, 11) is 0. The fourth-order valence-corrected chi connectivity index (χ4v) is 1.77. The first-order valence-corrected chi connectivity index (χ1v) is 7.69. The van der Waals surface area contributed by atoms with Crippen LogP contribution in [0.4, 0.5) is 0 Å². The van der Waals surface area contributed by atoms with Gasteiger partial charge in [-0.2, -0.15) is 0 Å². The van der Waals surface area contributed by atoms with E-state index in [0.29, 0.717) is 19.1 Å². The van der Waals surface area contributed by atoms with Gasteiger partial charge in [0.1, 0.15) is 6.61 Å². The Hall–Kier alpha value is -0.870. The Morgan fingerprint density at radius 3 is 2.50 bits per heavy atom. The van der Waals surface area contributed by atoms with Crippen molar-refractivity contribution in [2.24, 2.45) is 5.92 Å². The van der Waals surface area contributed by atoms with Gasteiger partial charge >= 0.3 is 5.97 Å². The van der Waals surface area contributed by atoms with Crippen molar-refractivity contribution in [2.45, 2.75) is 46.0 Å². The molecule has 1 unspecified atom stereocenters. The highest BCUT2D eigenvalue weighted by Gasteiger charge is 2.05. The molecular formula is C16H30O4. The first-order chi connectivity index (χ1) is 9.74. The Bertz CT molecular complexity index is 241. The van der Waals surface area contributed by atoms with Gasteiger partial charge < -0.3 is 14.2 Å². The van der Waals surface area contributed by atoms with E-state index in [9.17, 15) is 4.79 Å². The number of unbranched alkanes of at least 4 members (excludes halogenated alkanes) is 1. The molecule has 0 aliphatic carbocycles. The van der Waals surface area contributed by atoms with Crippen molar-refractivity contribution < 1.29 is 19.0 Å². The lowest BCUT2D eigenvalue weighted by Crippen LogP contribution is -2.12. The van der Waals surface area contributed by atoms with Crippen LogP contribution in [0.15, 0.2) is 12.7 Å². The summed E-state index contributed by atoms with van der Waals surface area (Å²) in [6.45, 7) is 10.7. The molecule has 4 heteroatoms. The van der Waals surface area contributed by atoms with E-state index in [1.807, 2.05) is 0 Å². The average molecular weight is 286 g/mol. The van der Waals surface area contributed by atoms with E-state index in [1.54, 1.807) is 0 Å². The molecule has 0 N–H and O–H groups in total. The summed E-state index contributed by atoms with van der Waals surface area (Å²) in [6, 6.07) is 0. The molecule has 0 fully saturated rings. The van der Waals surface area contributed by atoms with E-state index in [2.05, 4.69) is 20.4 Å². The summed E-state index contributed by atoms with van der Waals surface area (Å²) in [5, 5.41) is 0. The molecule has 20 heavy (non-hydrogen) atoms. The fraction of sp³-hybridized carbons (Fsp3) is 0.812. The molecule has 0 aliphatic rings. The summed E-state index contributed by atoms with van der Waals surface area (Å²) >= 11 is 0. The molecule has 0 radical (unpaired) electrons. The first-order valence-electron chi connectivity index (χ1n) is 7.69. The Balaban J connectivity index is 3.26. The molecule has 0 saturated heterocycles. The standard InChI is InChI=1S/C16H30O4/c1-4-7-9-15(5-2)14-19-11-8-10-18-12-13-20-16(17)6-3/h6,15H,3-5,7-14H2,1-2H3. The van der Waals surface area contributed by atoms with Gasteiger partial charge in [-0.05, 0) is 18.8 Å². The van der Waals surface area contributed by atoms with Crippen LogP contribution in [0.1, 0.15) is 46.0 Å². The van der Waals surface area contributed by atoms with Gasteiger partial charge in [-0.15, -0.1) is 0 Å². The molecule has 0 aromatic heterocycles. The minimum Gasteiger partial charge on any atom is -0.460 e. The van der Waals surface area contributed by atoms with E-state index in [4.69, 9.17) is 14.2 Å². The van der Waals surface area contributed by atoms with E-state index in [1.165, 1.54) is 25.7 Å². The molecule has 0 aliphatic heterocycles. The van der Waals surface area contributed by atoms with Crippen LogP contribution in [-0.2, 0) is 19.0 Å². The van der Waals surface area contributed by atoms with Gasteiger partial charge in [-0.25, -0.2) is 4.79 Å². The molecule has 4 nitrogen and oxygen atoms in total. The summed E-state index contributed by atoms with van der Waals surface area (Å²) < 4.78 is 15.8.